The number of amides is 1. The van der Waals surface area contributed by atoms with Crippen molar-refractivity contribution in [1.82, 2.24) is 0 Å². The van der Waals surface area contributed by atoms with Crippen LogP contribution in [0.15, 0.2) is 42.5 Å². The van der Waals surface area contributed by atoms with E-state index in [9.17, 15) is 14.9 Å². The molecule has 0 aromatic heterocycles. The molecule has 1 saturated heterocycles. The second-order valence-corrected chi connectivity index (χ2v) is 7.41. The molecule has 29 heavy (non-hydrogen) atoms. The van der Waals surface area contributed by atoms with Gasteiger partial charge in [-0.05, 0) is 37.3 Å². The third-order valence-corrected chi connectivity index (χ3v) is 5.49. The van der Waals surface area contributed by atoms with E-state index in [1.807, 2.05) is 6.92 Å². The van der Waals surface area contributed by atoms with Crippen LogP contribution in [0.5, 0.6) is 5.75 Å². The number of halogens is 1. The number of rotatable bonds is 6. The van der Waals surface area contributed by atoms with Crippen molar-refractivity contribution >= 4 is 34.6 Å². The zero-order chi connectivity index (χ0) is 21.0. The Balaban J connectivity index is 1.58. The highest BCUT2D eigenvalue weighted by molar-refractivity contribution is 6.31. The van der Waals surface area contributed by atoms with Crippen molar-refractivity contribution in [2.75, 3.05) is 43.5 Å². The fourth-order valence-corrected chi connectivity index (χ4v) is 3.65. The first-order valence-electron chi connectivity index (χ1n) is 9.37. The molecule has 8 nitrogen and oxygen atoms in total. The van der Waals surface area contributed by atoms with Crippen LogP contribution < -0.4 is 19.9 Å². The molecule has 1 atom stereocenters. The lowest BCUT2D eigenvalue weighted by Crippen LogP contribution is -3.19. The van der Waals surface area contributed by atoms with Crippen LogP contribution in [0.3, 0.4) is 0 Å². The SMILES string of the molecule is COc1ccc(Cl)cc1NC(=O)[C@H](C)[NH+]1CCN(c2ccc([N+](=O)[O-])cc2)CC1. The van der Waals surface area contributed by atoms with Gasteiger partial charge in [-0.3, -0.25) is 14.9 Å². The zero-order valence-corrected chi connectivity index (χ0v) is 17.1. The first-order chi connectivity index (χ1) is 13.9. The summed E-state index contributed by atoms with van der Waals surface area (Å²) < 4.78 is 5.28. The van der Waals surface area contributed by atoms with Crippen LogP contribution in [0.4, 0.5) is 17.1 Å². The smallest absolute Gasteiger partial charge is 0.282 e. The maximum absolute atomic E-state index is 12.7. The second kappa shape index (κ2) is 9.11. The molecular formula is C20H24ClN4O4+. The van der Waals surface area contributed by atoms with Gasteiger partial charge in [0.1, 0.15) is 5.75 Å². The van der Waals surface area contributed by atoms with Crippen molar-refractivity contribution in [3.05, 3.63) is 57.6 Å². The topological polar surface area (TPSA) is 89.2 Å². The molecule has 3 rings (SSSR count). The number of non-ortho nitro benzene ring substituents is 1. The van der Waals surface area contributed by atoms with E-state index in [1.165, 1.54) is 17.0 Å². The van der Waals surface area contributed by atoms with Crippen LogP contribution in [0.1, 0.15) is 6.92 Å². The molecule has 2 aromatic rings. The quantitative estimate of drug-likeness (QED) is 0.552. The van der Waals surface area contributed by atoms with E-state index >= 15 is 0 Å². The van der Waals surface area contributed by atoms with Crippen molar-refractivity contribution in [1.29, 1.82) is 0 Å². The van der Waals surface area contributed by atoms with Crippen molar-refractivity contribution < 1.29 is 19.4 Å². The van der Waals surface area contributed by atoms with Crippen LogP contribution in [0.25, 0.3) is 0 Å². The summed E-state index contributed by atoms with van der Waals surface area (Å²) in [6.45, 7) is 5.02. The van der Waals surface area contributed by atoms with Crippen molar-refractivity contribution in [3.8, 4) is 5.75 Å². The van der Waals surface area contributed by atoms with Crippen LogP contribution in [-0.4, -0.2) is 50.2 Å². The minimum atomic E-state index is -0.402. The van der Waals surface area contributed by atoms with Crippen LogP contribution >= 0.6 is 11.6 Å². The van der Waals surface area contributed by atoms with Gasteiger partial charge in [0.15, 0.2) is 6.04 Å². The number of ether oxygens (including phenoxy) is 1. The van der Waals surface area contributed by atoms with E-state index in [2.05, 4.69) is 10.2 Å². The molecule has 0 bridgehead atoms. The van der Waals surface area contributed by atoms with Crippen molar-refractivity contribution in [2.45, 2.75) is 13.0 Å². The van der Waals surface area contributed by atoms with Gasteiger partial charge < -0.3 is 19.9 Å². The highest BCUT2D eigenvalue weighted by Gasteiger charge is 2.30. The lowest BCUT2D eigenvalue weighted by atomic mass is 10.2. The highest BCUT2D eigenvalue weighted by Crippen LogP contribution is 2.27. The van der Waals surface area contributed by atoms with Gasteiger partial charge in [0, 0.05) is 22.8 Å². The Labute approximate surface area is 174 Å². The van der Waals surface area contributed by atoms with Gasteiger partial charge in [0.25, 0.3) is 11.6 Å². The number of benzene rings is 2. The number of quaternary nitrogens is 1. The molecule has 1 aliphatic rings. The van der Waals surface area contributed by atoms with E-state index in [0.29, 0.717) is 16.5 Å². The maximum atomic E-state index is 12.7. The molecule has 0 radical (unpaired) electrons. The molecule has 0 unspecified atom stereocenters. The standard InChI is InChI=1S/C20H23ClN4O4/c1-14(20(26)22-18-13-15(21)3-8-19(18)29-2)23-9-11-24(12-10-23)16-4-6-17(7-5-16)25(27)28/h3-8,13-14H,9-12H2,1-2H3,(H,22,26)/p+1/t14-/m0/s1. The number of carbonyl (C=O) groups excluding carboxylic acids is 1. The third-order valence-electron chi connectivity index (χ3n) is 5.26. The maximum Gasteiger partial charge on any atom is 0.282 e. The summed E-state index contributed by atoms with van der Waals surface area (Å²) in [5, 5.41) is 14.2. The fourth-order valence-electron chi connectivity index (χ4n) is 3.47. The predicted molar refractivity (Wildman–Crippen MR) is 112 cm³/mol. The number of nitro groups is 1. The van der Waals surface area contributed by atoms with Gasteiger partial charge in [0.2, 0.25) is 0 Å². The van der Waals surface area contributed by atoms with Crippen LogP contribution in [0, 0.1) is 10.1 Å². The molecule has 154 valence electrons. The number of piperazine rings is 1. The van der Waals surface area contributed by atoms with Gasteiger partial charge in [-0.2, -0.15) is 0 Å². The molecule has 1 fully saturated rings. The summed E-state index contributed by atoms with van der Waals surface area (Å²) in [7, 11) is 1.55. The lowest BCUT2D eigenvalue weighted by molar-refractivity contribution is -0.914. The molecule has 2 aromatic carbocycles. The molecule has 0 spiro atoms. The molecule has 2 N–H and O–H groups in total. The summed E-state index contributed by atoms with van der Waals surface area (Å²) in [5.41, 5.74) is 1.59. The summed E-state index contributed by atoms with van der Waals surface area (Å²) >= 11 is 6.03. The fraction of sp³-hybridized carbons (Fsp3) is 0.350. The number of anilines is 2. The Morgan fingerprint density at radius 2 is 1.90 bits per heavy atom. The van der Waals surface area contributed by atoms with E-state index in [1.54, 1.807) is 37.4 Å². The number of hydrogen-bond acceptors (Lipinski definition) is 5. The van der Waals surface area contributed by atoms with Gasteiger partial charge in [-0.1, -0.05) is 11.6 Å². The Hall–Kier alpha value is -2.84. The monoisotopic (exact) mass is 419 g/mol. The Bertz CT molecular complexity index is 883. The predicted octanol–water partition coefficient (Wildman–Crippen LogP) is 1.99. The van der Waals surface area contributed by atoms with Gasteiger partial charge in [-0.15, -0.1) is 0 Å². The molecule has 1 heterocycles. The normalized spacial score (nSPS) is 15.6. The summed E-state index contributed by atoms with van der Waals surface area (Å²) in [6.07, 6.45) is 0. The highest BCUT2D eigenvalue weighted by atomic mass is 35.5. The van der Waals surface area contributed by atoms with Crippen molar-refractivity contribution in [3.63, 3.8) is 0 Å². The van der Waals surface area contributed by atoms with Gasteiger partial charge in [0.05, 0.1) is 43.9 Å². The van der Waals surface area contributed by atoms with Crippen LogP contribution in [0.2, 0.25) is 5.02 Å². The molecular weight excluding hydrogens is 396 g/mol. The number of nitro benzene ring substituents is 1. The average molecular weight is 420 g/mol. The number of nitrogens with one attached hydrogen (secondary N) is 2. The Morgan fingerprint density at radius 1 is 1.24 bits per heavy atom. The first kappa shape index (κ1) is 20.9. The van der Waals surface area contributed by atoms with Gasteiger partial charge >= 0.3 is 0 Å². The second-order valence-electron chi connectivity index (χ2n) is 6.97. The summed E-state index contributed by atoms with van der Waals surface area (Å²) in [4.78, 5) is 26.5. The number of carbonyl (C=O) groups is 1. The van der Waals surface area contributed by atoms with E-state index in [-0.39, 0.29) is 17.6 Å². The summed E-state index contributed by atoms with van der Waals surface area (Å²) in [5.74, 6) is 0.470. The lowest BCUT2D eigenvalue weighted by Gasteiger charge is -2.36. The largest absolute Gasteiger partial charge is 0.495 e. The molecule has 0 aliphatic carbocycles. The first-order valence-corrected chi connectivity index (χ1v) is 9.75. The Morgan fingerprint density at radius 3 is 2.48 bits per heavy atom. The molecule has 1 amide bonds. The number of hydrogen-bond donors (Lipinski definition) is 2. The van der Waals surface area contributed by atoms with E-state index < -0.39 is 4.92 Å². The molecule has 9 heteroatoms. The minimum absolute atomic E-state index is 0.0831. The third kappa shape index (κ3) is 4.96. The Kier molecular flexibility index (Phi) is 6.56. The minimum Gasteiger partial charge on any atom is -0.495 e. The van der Waals surface area contributed by atoms with Crippen LogP contribution in [-0.2, 0) is 4.79 Å². The van der Waals surface area contributed by atoms with Crippen molar-refractivity contribution in [2.24, 2.45) is 0 Å². The van der Waals surface area contributed by atoms with E-state index in [0.717, 1.165) is 31.9 Å². The van der Waals surface area contributed by atoms with E-state index in [4.69, 9.17) is 16.3 Å². The summed E-state index contributed by atoms with van der Waals surface area (Å²) in [6, 6.07) is 11.4. The average Bonchev–Trinajstić information content (AvgIpc) is 2.73. The molecule has 1 aliphatic heterocycles. The number of nitrogens with zero attached hydrogens (tertiary/aromatic N) is 2. The van der Waals surface area contributed by atoms with Gasteiger partial charge in [-0.25, -0.2) is 0 Å². The number of methoxy groups -OCH3 is 1. The molecule has 0 saturated carbocycles. The zero-order valence-electron chi connectivity index (χ0n) is 16.4.